The molecular weight excluding hydrogens is 218 g/mol. The van der Waals surface area contributed by atoms with E-state index in [2.05, 4.69) is 15.6 Å². The van der Waals surface area contributed by atoms with Crippen LogP contribution in [0, 0.1) is 5.92 Å². The molecule has 0 spiro atoms. The molecule has 0 aromatic carbocycles. The van der Waals surface area contributed by atoms with Crippen LogP contribution in [0.4, 0.5) is 0 Å². The summed E-state index contributed by atoms with van der Waals surface area (Å²) in [7, 11) is 0. The molecule has 6 heteroatoms. The lowest BCUT2D eigenvalue weighted by Gasteiger charge is -2.33. The summed E-state index contributed by atoms with van der Waals surface area (Å²) < 4.78 is 1.89. The lowest BCUT2D eigenvalue weighted by atomic mass is 9.80. The van der Waals surface area contributed by atoms with Crippen molar-refractivity contribution in [1.29, 1.82) is 0 Å². The first-order chi connectivity index (χ1) is 8.10. The van der Waals surface area contributed by atoms with Gasteiger partial charge in [-0.2, -0.15) is 0 Å². The molecule has 1 aliphatic carbocycles. The second kappa shape index (κ2) is 4.83. The van der Waals surface area contributed by atoms with E-state index >= 15 is 0 Å². The van der Waals surface area contributed by atoms with E-state index < -0.39 is 0 Å². The molecule has 3 N–H and O–H groups in total. The standard InChI is InChI=1S/C11H19N5O/c1-7(13-8(2)17)11-6-16(15-14-11)10-3-9(4-10)5-12/h6-7,9-10H,3-5,12H2,1-2H3,(H,13,17). The fourth-order valence-electron chi connectivity index (χ4n) is 2.16. The molecule has 94 valence electrons. The molecule has 6 nitrogen and oxygen atoms in total. The molecule has 1 aromatic rings. The first-order valence-corrected chi connectivity index (χ1v) is 5.99. The molecule has 1 atom stereocenters. The first kappa shape index (κ1) is 12.0. The maximum Gasteiger partial charge on any atom is 0.217 e. The summed E-state index contributed by atoms with van der Waals surface area (Å²) >= 11 is 0. The van der Waals surface area contributed by atoms with Crippen molar-refractivity contribution in [3.8, 4) is 0 Å². The van der Waals surface area contributed by atoms with Gasteiger partial charge in [0.05, 0.1) is 18.3 Å². The minimum absolute atomic E-state index is 0.0566. The van der Waals surface area contributed by atoms with Crippen molar-refractivity contribution >= 4 is 5.91 Å². The van der Waals surface area contributed by atoms with E-state index in [1.165, 1.54) is 6.92 Å². The highest BCUT2D eigenvalue weighted by Gasteiger charge is 2.30. The van der Waals surface area contributed by atoms with Crippen molar-refractivity contribution in [2.45, 2.75) is 38.8 Å². The number of nitrogens with one attached hydrogen (secondary N) is 1. The number of amides is 1. The van der Waals surface area contributed by atoms with Crippen LogP contribution in [0.2, 0.25) is 0 Å². The Bertz CT molecular complexity index is 396. The minimum atomic E-state index is -0.0911. The van der Waals surface area contributed by atoms with Crippen LogP contribution in [0.5, 0.6) is 0 Å². The molecule has 0 radical (unpaired) electrons. The summed E-state index contributed by atoms with van der Waals surface area (Å²) in [5.74, 6) is 0.569. The molecule has 1 fully saturated rings. The third-order valence-corrected chi connectivity index (χ3v) is 3.31. The van der Waals surface area contributed by atoms with Crippen LogP contribution in [0.15, 0.2) is 6.20 Å². The number of hydrogen-bond acceptors (Lipinski definition) is 4. The van der Waals surface area contributed by atoms with Gasteiger partial charge in [-0.15, -0.1) is 5.10 Å². The van der Waals surface area contributed by atoms with Gasteiger partial charge in [0.25, 0.3) is 0 Å². The Kier molecular flexibility index (Phi) is 3.42. The van der Waals surface area contributed by atoms with E-state index in [0.29, 0.717) is 12.0 Å². The van der Waals surface area contributed by atoms with Gasteiger partial charge in [-0.05, 0) is 32.2 Å². The van der Waals surface area contributed by atoms with Gasteiger partial charge in [-0.1, -0.05) is 5.21 Å². The number of nitrogens with two attached hydrogens (primary N) is 1. The van der Waals surface area contributed by atoms with Crippen LogP contribution in [0.25, 0.3) is 0 Å². The van der Waals surface area contributed by atoms with Crippen molar-refractivity contribution in [2.75, 3.05) is 6.54 Å². The molecule has 0 saturated heterocycles. The van der Waals surface area contributed by atoms with Gasteiger partial charge in [0.15, 0.2) is 0 Å². The van der Waals surface area contributed by atoms with E-state index in [4.69, 9.17) is 5.73 Å². The quantitative estimate of drug-likeness (QED) is 0.793. The predicted octanol–water partition coefficient (Wildman–Crippen LogP) is 0.385. The highest BCUT2D eigenvalue weighted by molar-refractivity contribution is 5.73. The molecule has 0 aliphatic heterocycles. The van der Waals surface area contributed by atoms with E-state index in [-0.39, 0.29) is 11.9 Å². The van der Waals surface area contributed by atoms with Crippen LogP contribution in [-0.2, 0) is 4.79 Å². The summed E-state index contributed by atoms with van der Waals surface area (Å²) in [6.07, 6.45) is 4.07. The van der Waals surface area contributed by atoms with Gasteiger partial charge in [0.1, 0.15) is 5.69 Å². The summed E-state index contributed by atoms with van der Waals surface area (Å²) in [4.78, 5) is 10.9. The fraction of sp³-hybridized carbons (Fsp3) is 0.727. The number of aromatic nitrogens is 3. The molecule has 1 heterocycles. The molecule has 17 heavy (non-hydrogen) atoms. The maximum atomic E-state index is 10.9. The number of nitrogens with zero attached hydrogens (tertiary/aromatic N) is 3. The van der Waals surface area contributed by atoms with Crippen molar-refractivity contribution in [3.05, 3.63) is 11.9 Å². The second-order valence-corrected chi connectivity index (χ2v) is 4.77. The lowest BCUT2D eigenvalue weighted by Crippen LogP contribution is -2.32. The zero-order valence-electron chi connectivity index (χ0n) is 10.3. The maximum absolute atomic E-state index is 10.9. The van der Waals surface area contributed by atoms with Gasteiger partial charge in [0, 0.05) is 6.92 Å². The summed E-state index contributed by atoms with van der Waals surface area (Å²) in [6.45, 7) is 4.15. The molecule has 1 amide bonds. The smallest absolute Gasteiger partial charge is 0.217 e. The first-order valence-electron chi connectivity index (χ1n) is 5.99. The number of carbonyl (C=O) groups excluding carboxylic acids is 1. The summed E-state index contributed by atoms with van der Waals surface area (Å²) in [5, 5.41) is 11.0. The number of hydrogen-bond donors (Lipinski definition) is 2. The number of rotatable bonds is 4. The SMILES string of the molecule is CC(=O)NC(C)c1cn(C2CC(CN)C2)nn1. The Labute approximate surface area is 101 Å². The zero-order chi connectivity index (χ0) is 12.4. The third-order valence-electron chi connectivity index (χ3n) is 3.31. The number of carbonyl (C=O) groups is 1. The van der Waals surface area contributed by atoms with Crippen LogP contribution >= 0.6 is 0 Å². The molecule has 1 aliphatic rings. The Balaban J connectivity index is 1.94. The van der Waals surface area contributed by atoms with E-state index in [1.807, 2.05) is 17.8 Å². The highest BCUT2D eigenvalue weighted by atomic mass is 16.1. The minimum Gasteiger partial charge on any atom is -0.348 e. The van der Waals surface area contributed by atoms with Crippen LogP contribution in [0.3, 0.4) is 0 Å². The Morgan fingerprint density at radius 2 is 2.41 bits per heavy atom. The summed E-state index contributed by atoms with van der Waals surface area (Å²) in [5.41, 5.74) is 6.39. The largest absolute Gasteiger partial charge is 0.348 e. The lowest BCUT2D eigenvalue weighted by molar-refractivity contribution is -0.119. The van der Waals surface area contributed by atoms with Crippen molar-refractivity contribution in [2.24, 2.45) is 11.7 Å². The van der Waals surface area contributed by atoms with Crippen molar-refractivity contribution in [3.63, 3.8) is 0 Å². The normalized spacial score (nSPS) is 25.1. The summed E-state index contributed by atoms with van der Waals surface area (Å²) in [6, 6.07) is 0.334. The van der Waals surface area contributed by atoms with Gasteiger partial charge in [0.2, 0.25) is 5.91 Å². The van der Waals surface area contributed by atoms with Crippen LogP contribution < -0.4 is 11.1 Å². The van der Waals surface area contributed by atoms with E-state index in [0.717, 1.165) is 25.1 Å². The van der Waals surface area contributed by atoms with Gasteiger partial charge >= 0.3 is 0 Å². The van der Waals surface area contributed by atoms with Gasteiger partial charge < -0.3 is 11.1 Å². The highest BCUT2D eigenvalue weighted by Crippen LogP contribution is 2.36. The van der Waals surface area contributed by atoms with Gasteiger partial charge in [-0.3, -0.25) is 4.79 Å². The Morgan fingerprint density at radius 3 is 3.00 bits per heavy atom. The van der Waals surface area contributed by atoms with Crippen LogP contribution in [-0.4, -0.2) is 27.4 Å². The topological polar surface area (TPSA) is 85.8 Å². The molecule has 1 saturated carbocycles. The Hall–Kier alpha value is -1.43. The van der Waals surface area contributed by atoms with Gasteiger partial charge in [-0.25, -0.2) is 4.68 Å². The van der Waals surface area contributed by atoms with Crippen molar-refractivity contribution < 1.29 is 4.79 Å². The average molecular weight is 237 g/mol. The second-order valence-electron chi connectivity index (χ2n) is 4.77. The Morgan fingerprint density at radius 1 is 1.71 bits per heavy atom. The molecule has 1 aromatic heterocycles. The van der Waals surface area contributed by atoms with Crippen molar-refractivity contribution in [1.82, 2.24) is 20.3 Å². The van der Waals surface area contributed by atoms with Crippen LogP contribution in [0.1, 0.15) is 44.5 Å². The van der Waals surface area contributed by atoms with E-state index in [1.54, 1.807) is 0 Å². The molecule has 2 rings (SSSR count). The average Bonchev–Trinajstić information content (AvgIpc) is 2.64. The molecule has 1 unspecified atom stereocenters. The van der Waals surface area contributed by atoms with E-state index in [9.17, 15) is 4.79 Å². The zero-order valence-corrected chi connectivity index (χ0v) is 10.3. The third kappa shape index (κ3) is 2.63. The fourth-order valence-corrected chi connectivity index (χ4v) is 2.16. The monoisotopic (exact) mass is 237 g/mol. The molecular formula is C11H19N5O. The molecule has 0 bridgehead atoms. The predicted molar refractivity (Wildman–Crippen MR) is 63.1 cm³/mol.